The number of hydrogen-bond donors (Lipinski definition) is 2. The van der Waals surface area contributed by atoms with Gasteiger partial charge in [-0.05, 0) is 38.0 Å². The average Bonchev–Trinajstić information content (AvgIpc) is 2.60. The van der Waals surface area contributed by atoms with Gasteiger partial charge in [0.1, 0.15) is 5.75 Å². The van der Waals surface area contributed by atoms with Crippen LogP contribution in [-0.4, -0.2) is 34.3 Å². The lowest BCUT2D eigenvalue weighted by Gasteiger charge is -2.33. The van der Waals surface area contributed by atoms with Crippen LogP contribution in [0, 0.1) is 0 Å². The van der Waals surface area contributed by atoms with Crippen LogP contribution >= 0.6 is 0 Å². The molecule has 20 heavy (non-hydrogen) atoms. The molecule has 1 atom stereocenters. The van der Waals surface area contributed by atoms with Crippen LogP contribution in [0.2, 0.25) is 0 Å². The summed E-state index contributed by atoms with van der Waals surface area (Å²) in [6.07, 6.45) is 0.649. The summed E-state index contributed by atoms with van der Waals surface area (Å²) in [6.45, 7) is 4.00. The zero-order valence-electron chi connectivity index (χ0n) is 12.0. The Kier molecular flexibility index (Phi) is 3.88. The van der Waals surface area contributed by atoms with E-state index >= 15 is 0 Å². The molecule has 5 nitrogen and oxygen atoms in total. The van der Waals surface area contributed by atoms with Gasteiger partial charge in [0, 0.05) is 19.2 Å². The van der Waals surface area contributed by atoms with Crippen molar-refractivity contribution in [1.82, 2.24) is 5.01 Å². The number of aliphatic carboxylic acids is 1. The number of phenols is 1. The number of phenolic OH excluding ortho intramolecular Hbond substituents is 1. The Morgan fingerprint density at radius 1 is 1.35 bits per heavy atom. The lowest BCUT2D eigenvalue weighted by molar-refractivity contribution is -0.136. The van der Waals surface area contributed by atoms with Crippen molar-refractivity contribution in [3.05, 3.63) is 35.5 Å². The van der Waals surface area contributed by atoms with E-state index in [4.69, 9.17) is 5.11 Å². The fourth-order valence-electron chi connectivity index (χ4n) is 2.74. The van der Waals surface area contributed by atoms with Crippen molar-refractivity contribution >= 4 is 11.7 Å². The van der Waals surface area contributed by atoms with Crippen molar-refractivity contribution in [2.75, 3.05) is 12.1 Å². The highest BCUT2D eigenvalue weighted by molar-refractivity contribution is 5.67. The summed E-state index contributed by atoms with van der Waals surface area (Å²) in [6, 6.07) is 7.20. The van der Waals surface area contributed by atoms with Crippen LogP contribution in [-0.2, 0) is 4.79 Å². The number of para-hydroxylation sites is 2. The minimum absolute atomic E-state index is 0.0349. The molecule has 2 rings (SSSR count). The maximum atomic E-state index is 10.8. The Balaban J connectivity index is 2.28. The van der Waals surface area contributed by atoms with Gasteiger partial charge in [0.2, 0.25) is 0 Å². The summed E-state index contributed by atoms with van der Waals surface area (Å²) in [5.74, 6) is -0.570. The molecule has 1 unspecified atom stereocenters. The van der Waals surface area contributed by atoms with Crippen molar-refractivity contribution in [3.63, 3.8) is 0 Å². The molecule has 0 amide bonds. The molecule has 0 spiro atoms. The van der Waals surface area contributed by atoms with E-state index in [0.717, 1.165) is 17.0 Å². The largest absolute Gasteiger partial charge is 0.506 e. The lowest BCUT2D eigenvalue weighted by Crippen LogP contribution is -2.39. The van der Waals surface area contributed by atoms with E-state index in [0.29, 0.717) is 6.42 Å². The van der Waals surface area contributed by atoms with Crippen molar-refractivity contribution in [2.24, 2.45) is 0 Å². The molecule has 0 aromatic heterocycles. The molecule has 0 saturated carbocycles. The molecule has 0 radical (unpaired) electrons. The molecular formula is C15H20N2O3. The third-order valence-corrected chi connectivity index (χ3v) is 3.88. The topological polar surface area (TPSA) is 64.0 Å². The van der Waals surface area contributed by atoms with Gasteiger partial charge in [-0.15, -0.1) is 0 Å². The van der Waals surface area contributed by atoms with E-state index in [-0.39, 0.29) is 18.2 Å². The van der Waals surface area contributed by atoms with Crippen LogP contribution in [0.1, 0.15) is 26.7 Å². The zero-order chi connectivity index (χ0) is 14.9. The highest BCUT2D eigenvalue weighted by Crippen LogP contribution is 2.38. The van der Waals surface area contributed by atoms with Crippen molar-refractivity contribution < 1.29 is 15.0 Å². The van der Waals surface area contributed by atoms with Gasteiger partial charge in [-0.2, -0.15) is 0 Å². The number of hydrazine groups is 1. The number of benzene rings is 1. The molecule has 0 saturated heterocycles. The van der Waals surface area contributed by atoms with Gasteiger partial charge in [0.25, 0.3) is 0 Å². The second-order valence-corrected chi connectivity index (χ2v) is 5.04. The summed E-state index contributed by atoms with van der Waals surface area (Å²) in [4.78, 5) is 10.8. The van der Waals surface area contributed by atoms with E-state index in [1.807, 2.05) is 43.0 Å². The third kappa shape index (κ3) is 2.43. The molecule has 1 aliphatic heterocycles. The second-order valence-electron chi connectivity index (χ2n) is 5.04. The van der Waals surface area contributed by atoms with Gasteiger partial charge >= 0.3 is 5.97 Å². The number of allylic oxidation sites excluding steroid dienone is 1. The van der Waals surface area contributed by atoms with Crippen LogP contribution in [0.25, 0.3) is 0 Å². The fourth-order valence-corrected chi connectivity index (χ4v) is 2.74. The standard InChI is InChI=1S/C15H20N2O3/c1-10-12(8-9-15(19)20)11(2)17(16(10)3)13-6-4-5-7-14(13)18/h4-7,11,18H,8-9H2,1-3H3,(H,19,20). The minimum atomic E-state index is -0.791. The molecule has 0 aliphatic carbocycles. The number of hydrogen-bond acceptors (Lipinski definition) is 4. The Hall–Kier alpha value is -2.17. The van der Waals surface area contributed by atoms with Crippen LogP contribution in [0.4, 0.5) is 5.69 Å². The normalized spacial score (nSPS) is 18.9. The van der Waals surface area contributed by atoms with Crippen LogP contribution in [0.5, 0.6) is 5.75 Å². The summed E-state index contributed by atoms with van der Waals surface area (Å²) < 4.78 is 0. The smallest absolute Gasteiger partial charge is 0.303 e. The van der Waals surface area contributed by atoms with Crippen molar-refractivity contribution in [1.29, 1.82) is 0 Å². The first-order valence-electron chi connectivity index (χ1n) is 6.65. The van der Waals surface area contributed by atoms with Crippen molar-refractivity contribution in [2.45, 2.75) is 32.7 Å². The monoisotopic (exact) mass is 276 g/mol. The van der Waals surface area contributed by atoms with Crippen LogP contribution < -0.4 is 5.01 Å². The molecule has 108 valence electrons. The van der Waals surface area contributed by atoms with Gasteiger partial charge in [-0.25, -0.2) is 0 Å². The quantitative estimate of drug-likeness (QED) is 0.885. The van der Waals surface area contributed by atoms with Crippen LogP contribution in [0.3, 0.4) is 0 Å². The maximum absolute atomic E-state index is 10.8. The summed E-state index contributed by atoms with van der Waals surface area (Å²) in [5.41, 5.74) is 2.87. The zero-order valence-corrected chi connectivity index (χ0v) is 12.0. The van der Waals surface area contributed by atoms with Gasteiger partial charge in [0.05, 0.1) is 11.7 Å². The molecule has 0 bridgehead atoms. The van der Waals surface area contributed by atoms with Gasteiger partial charge in [0.15, 0.2) is 0 Å². The Morgan fingerprint density at radius 2 is 2.00 bits per heavy atom. The fraction of sp³-hybridized carbons (Fsp3) is 0.400. The highest BCUT2D eigenvalue weighted by atomic mass is 16.4. The first-order chi connectivity index (χ1) is 9.43. The highest BCUT2D eigenvalue weighted by Gasteiger charge is 2.33. The second kappa shape index (κ2) is 5.45. The molecule has 1 aliphatic rings. The van der Waals surface area contributed by atoms with E-state index in [1.165, 1.54) is 0 Å². The van der Waals surface area contributed by atoms with E-state index < -0.39 is 5.97 Å². The number of aromatic hydroxyl groups is 1. The number of nitrogens with zero attached hydrogens (tertiary/aromatic N) is 2. The molecule has 1 aromatic rings. The predicted molar refractivity (Wildman–Crippen MR) is 77.4 cm³/mol. The first-order valence-corrected chi connectivity index (χ1v) is 6.65. The Morgan fingerprint density at radius 3 is 2.60 bits per heavy atom. The van der Waals surface area contributed by atoms with Gasteiger partial charge < -0.3 is 10.2 Å². The van der Waals surface area contributed by atoms with Gasteiger partial charge in [-0.3, -0.25) is 14.8 Å². The SMILES string of the molecule is CC1=C(CCC(=O)O)C(C)N(c2ccccc2O)N1C. The number of anilines is 1. The average molecular weight is 276 g/mol. The Labute approximate surface area is 118 Å². The molecule has 1 heterocycles. The van der Waals surface area contributed by atoms with E-state index in [1.54, 1.807) is 12.1 Å². The molecular weight excluding hydrogens is 256 g/mol. The van der Waals surface area contributed by atoms with Crippen molar-refractivity contribution in [3.8, 4) is 5.75 Å². The lowest BCUT2D eigenvalue weighted by atomic mass is 10.0. The summed E-state index contributed by atoms with van der Waals surface area (Å²) in [5, 5.41) is 22.8. The molecule has 2 N–H and O–H groups in total. The number of carboxylic acids is 1. The summed E-state index contributed by atoms with van der Waals surface area (Å²) >= 11 is 0. The minimum Gasteiger partial charge on any atom is -0.506 e. The van der Waals surface area contributed by atoms with Crippen LogP contribution in [0.15, 0.2) is 35.5 Å². The molecule has 1 aromatic carbocycles. The third-order valence-electron chi connectivity index (χ3n) is 3.88. The number of rotatable bonds is 4. The summed E-state index contributed by atoms with van der Waals surface area (Å²) in [7, 11) is 1.92. The molecule has 5 heteroatoms. The van der Waals surface area contributed by atoms with Gasteiger partial charge in [-0.1, -0.05) is 12.1 Å². The molecule has 0 fully saturated rings. The number of carbonyl (C=O) groups is 1. The van der Waals surface area contributed by atoms with E-state index in [9.17, 15) is 9.90 Å². The maximum Gasteiger partial charge on any atom is 0.303 e. The van der Waals surface area contributed by atoms with E-state index in [2.05, 4.69) is 0 Å². The predicted octanol–water partition coefficient (Wildman–Crippen LogP) is 2.59. The first kappa shape index (κ1) is 14.2. The number of carboxylic acid groups (broad SMARTS) is 1. The Bertz CT molecular complexity index is 554.